The minimum atomic E-state index is -3.06. The predicted molar refractivity (Wildman–Crippen MR) is 88.1 cm³/mol. The molecule has 2 unspecified atom stereocenters. The molecule has 1 saturated heterocycles. The molecular formula is C16H24ClNO2S. The Kier molecular flexibility index (Phi) is 6.08. The molecule has 2 rings (SSSR count). The number of hydrogen-bond donors (Lipinski definition) is 0. The van der Waals surface area contributed by atoms with E-state index in [0.717, 1.165) is 25.7 Å². The molecule has 1 aliphatic rings. The number of hydrogen-bond acceptors (Lipinski definition) is 2. The van der Waals surface area contributed by atoms with Gasteiger partial charge in [0.15, 0.2) is 0 Å². The van der Waals surface area contributed by atoms with Crippen molar-refractivity contribution in [1.29, 1.82) is 0 Å². The quantitative estimate of drug-likeness (QED) is 0.752. The van der Waals surface area contributed by atoms with Crippen molar-refractivity contribution >= 4 is 21.6 Å². The van der Waals surface area contributed by atoms with Gasteiger partial charge in [-0.2, -0.15) is 0 Å². The first-order valence-electron chi connectivity index (χ1n) is 7.54. The zero-order valence-corrected chi connectivity index (χ0v) is 14.1. The van der Waals surface area contributed by atoms with Crippen molar-refractivity contribution in [3.05, 3.63) is 35.9 Å². The highest BCUT2D eigenvalue weighted by Crippen LogP contribution is 2.27. The first-order valence-corrected chi connectivity index (χ1v) is 9.92. The molecule has 0 N–H and O–H groups in total. The maximum Gasteiger partial charge on any atom is 0.211 e. The molecule has 0 bridgehead atoms. The second-order valence-electron chi connectivity index (χ2n) is 6.08. The van der Waals surface area contributed by atoms with Crippen LogP contribution < -0.4 is 0 Å². The molecule has 5 heteroatoms. The van der Waals surface area contributed by atoms with E-state index in [0.29, 0.717) is 30.8 Å². The Hall–Kier alpha value is -0.580. The predicted octanol–water partition coefficient (Wildman–Crippen LogP) is 3.15. The summed E-state index contributed by atoms with van der Waals surface area (Å²) in [5.74, 6) is 1.48. The lowest BCUT2D eigenvalue weighted by Crippen LogP contribution is -2.39. The Morgan fingerprint density at radius 2 is 2.05 bits per heavy atom. The second kappa shape index (κ2) is 7.61. The van der Waals surface area contributed by atoms with Gasteiger partial charge in [-0.25, -0.2) is 12.7 Å². The van der Waals surface area contributed by atoms with Gasteiger partial charge in [-0.1, -0.05) is 30.3 Å². The van der Waals surface area contributed by atoms with Crippen molar-refractivity contribution in [3.63, 3.8) is 0 Å². The van der Waals surface area contributed by atoms with E-state index in [4.69, 9.17) is 11.6 Å². The molecular weight excluding hydrogens is 306 g/mol. The number of rotatable bonds is 6. The van der Waals surface area contributed by atoms with Crippen LogP contribution in [0.25, 0.3) is 0 Å². The maximum atomic E-state index is 11.7. The van der Waals surface area contributed by atoms with Gasteiger partial charge in [0.05, 0.1) is 6.26 Å². The van der Waals surface area contributed by atoms with Crippen LogP contribution in [0.1, 0.15) is 24.8 Å². The number of alkyl halides is 1. The van der Waals surface area contributed by atoms with Gasteiger partial charge in [0.2, 0.25) is 10.0 Å². The molecule has 0 spiro atoms. The molecule has 0 saturated carbocycles. The fourth-order valence-electron chi connectivity index (χ4n) is 3.14. The highest BCUT2D eigenvalue weighted by Gasteiger charge is 2.27. The van der Waals surface area contributed by atoms with Gasteiger partial charge in [-0.3, -0.25) is 0 Å². The lowest BCUT2D eigenvalue weighted by atomic mass is 9.87. The third kappa shape index (κ3) is 5.28. The van der Waals surface area contributed by atoms with Crippen molar-refractivity contribution in [3.8, 4) is 0 Å². The Morgan fingerprint density at radius 1 is 1.33 bits per heavy atom. The van der Waals surface area contributed by atoms with E-state index in [1.165, 1.54) is 11.8 Å². The third-order valence-corrected chi connectivity index (χ3v) is 5.91. The van der Waals surface area contributed by atoms with Crippen molar-refractivity contribution < 1.29 is 8.42 Å². The van der Waals surface area contributed by atoms with Gasteiger partial charge < -0.3 is 0 Å². The molecule has 1 fully saturated rings. The average Bonchev–Trinajstić information content (AvgIpc) is 2.47. The Labute approximate surface area is 133 Å². The molecule has 0 amide bonds. The van der Waals surface area contributed by atoms with Crippen LogP contribution in [0, 0.1) is 11.8 Å². The monoisotopic (exact) mass is 329 g/mol. The fourth-order valence-corrected chi connectivity index (χ4v) is 4.32. The highest BCUT2D eigenvalue weighted by atomic mass is 35.5. The van der Waals surface area contributed by atoms with E-state index in [2.05, 4.69) is 12.1 Å². The smallest absolute Gasteiger partial charge is 0.211 e. The van der Waals surface area contributed by atoms with Crippen molar-refractivity contribution in [2.45, 2.75) is 25.7 Å². The van der Waals surface area contributed by atoms with Crippen molar-refractivity contribution in [1.82, 2.24) is 4.31 Å². The highest BCUT2D eigenvalue weighted by molar-refractivity contribution is 7.88. The molecule has 2 atom stereocenters. The number of nitrogens with zero attached hydrogens (tertiary/aromatic N) is 1. The molecule has 3 nitrogen and oxygen atoms in total. The van der Waals surface area contributed by atoms with Gasteiger partial charge in [-0.15, -0.1) is 11.6 Å². The van der Waals surface area contributed by atoms with E-state index in [9.17, 15) is 8.42 Å². The van der Waals surface area contributed by atoms with Crippen LogP contribution in [0.2, 0.25) is 0 Å². The Bertz CT molecular complexity index is 532. The number of sulfonamides is 1. The zero-order valence-electron chi connectivity index (χ0n) is 12.5. The van der Waals surface area contributed by atoms with Crippen LogP contribution >= 0.6 is 11.6 Å². The summed E-state index contributed by atoms with van der Waals surface area (Å²) in [4.78, 5) is 0. The van der Waals surface area contributed by atoms with Gasteiger partial charge in [0, 0.05) is 19.0 Å². The molecule has 1 heterocycles. The van der Waals surface area contributed by atoms with Gasteiger partial charge in [-0.05, 0) is 43.1 Å². The minimum absolute atomic E-state index is 0.415. The summed E-state index contributed by atoms with van der Waals surface area (Å²) in [6.45, 7) is 1.32. The Balaban J connectivity index is 1.92. The maximum absolute atomic E-state index is 11.7. The number of benzene rings is 1. The zero-order chi connectivity index (χ0) is 15.3. The standard InChI is InChI=1S/C16H24ClNO2S/c1-21(19,20)18-9-5-8-15(13-18)11-16(12-17)10-14-6-3-2-4-7-14/h2-4,6-7,15-16H,5,8-13H2,1H3. The normalized spacial score (nSPS) is 22.1. The van der Waals surface area contributed by atoms with Gasteiger partial charge >= 0.3 is 0 Å². The lowest BCUT2D eigenvalue weighted by molar-refractivity contribution is 0.235. The van der Waals surface area contributed by atoms with Crippen LogP contribution in [0.5, 0.6) is 0 Å². The number of halogens is 1. The van der Waals surface area contributed by atoms with Gasteiger partial charge in [0.25, 0.3) is 0 Å². The summed E-state index contributed by atoms with van der Waals surface area (Å²) in [5, 5.41) is 0. The largest absolute Gasteiger partial charge is 0.213 e. The van der Waals surface area contributed by atoms with Crippen molar-refractivity contribution in [2.24, 2.45) is 11.8 Å². The average molecular weight is 330 g/mol. The molecule has 1 aromatic carbocycles. The van der Waals surface area contributed by atoms with E-state index < -0.39 is 10.0 Å². The van der Waals surface area contributed by atoms with E-state index in [1.807, 2.05) is 18.2 Å². The van der Waals surface area contributed by atoms with Crippen LogP contribution in [-0.4, -0.2) is 37.9 Å². The van der Waals surface area contributed by atoms with E-state index >= 15 is 0 Å². The van der Waals surface area contributed by atoms with Crippen LogP contribution in [0.15, 0.2) is 30.3 Å². The minimum Gasteiger partial charge on any atom is -0.213 e. The summed E-state index contributed by atoms with van der Waals surface area (Å²) in [6.07, 6.45) is 5.34. The summed E-state index contributed by atoms with van der Waals surface area (Å²) in [6, 6.07) is 10.4. The molecule has 0 aromatic heterocycles. The van der Waals surface area contributed by atoms with Crippen LogP contribution in [0.3, 0.4) is 0 Å². The summed E-state index contributed by atoms with van der Waals surface area (Å²) < 4.78 is 25.0. The number of piperidine rings is 1. The first kappa shape index (κ1) is 16.8. The summed E-state index contributed by atoms with van der Waals surface area (Å²) in [7, 11) is -3.06. The van der Waals surface area contributed by atoms with E-state index in [1.54, 1.807) is 4.31 Å². The Morgan fingerprint density at radius 3 is 2.67 bits per heavy atom. The molecule has 0 aliphatic carbocycles. The molecule has 1 aromatic rings. The van der Waals surface area contributed by atoms with Gasteiger partial charge in [0.1, 0.15) is 0 Å². The summed E-state index contributed by atoms with van der Waals surface area (Å²) in [5.41, 5.74) is 1.30. The summed E-state index contributed by atoms with van der Waals surface area (Å²) >= 11 is 6.13. The van der Waals surface area contributed by atoms with E-state index in [-0.39, 0.29) is 0 Å². The van der Waals surface area contributed by atoms with Crippen molar-refractivity contribution in [2.75, 3.05) is 25.2 Å². The molecule has 118 valence electrons. The van der Waals surface area contributed by atoms with Crippen LogP contribution in [0.4, 0.5) is 0 Å². The molecule has 1 aliphatic heterocycles. The van der Waals surface area contributed by atoms with Crippen LogP contribution in [-0.2, 0) is 16.4 Å². The SMILES string of the molecule is CS(=O)(=O)N1CCCC(CC(CCl)Cc2ccccc2)C1. The second-order valence-corrected chi connectivity index (χ2v) is 8.37. The molecule has 21 heavy (non-hydrogen) atoms. The molecule has 0 radical (unpaired) electrons. The topological polar surface area (TPSA) is 37.4 Å². The third-order valence-electron chi connectivity index (χ3n) is 4.20. The lowest BCUT2D eigenvalue weighted by Gasteiger charge is -2.32. The first-order chi connectivity index (χ1) is 9.99. The fraction of sp³-hybridized carbons (Fsp3) is 0.625.